The van der Waals surface area contributed by atoms with Crippen molar-refractivity contribution in [3.8, 4) is 0 Å². The number of hydrogen-bond donors (Lipinski definition) is 3. The van der Waals surface area contributed by atoms with Crippen molar-refractivity contribution < 1.29 is 28.8 Å². The van der Waals surface area contributed by atoms with Crippen LogP contribution >= 0.6 is 0 Å². The Bertz CT molecular complexity index is 1190. The molecular formula is C28H33N3O6. The predicted octanol–water partition coefficient (Wildman–Crippen LogP) is 4.21. The minimum Gasteiger partial charge on any atom is -0.326 e. The number of Topliss-reactive ketones (excluding diaryl/α,β-unsaturated/α-hetero) is 4. The number of amides is 2. The van der Waals surface area contributed by atoms with Crippen LogP contribution in [0, 0.1) is 5.92 Å². The Labute approximate surface area is 216 Å². The van der Waals surface area contributed by atoms with Gasteiger partial charge in [-0.25, -0.2) is 0 Å². The van der Waals surface area contributed by atoms with E-state index >= 15 is 0 Å². The van der Waals surface area contributed by atoms with E-state index in [4.69, 9.17) is 5.73 Å². The van der Waals surface area contributed by atoms with Gasteiger partial charge in [-0.05, 0) is 82.9 Å². The smallest absolute Gasteiger partial charge is 0.241 e. The molecule has 9 heteroatoms. The number of carbonyl (C=O) groups is 6. The van der Waals surface area contributed by atoms with E-state index in [1.807, 2.05) is 0 Å². The number of anilines is 2. The van der Waals surface area contributed by atoms with Gasteiger partial charge in [0.15, 0.2) is 23.1 Å². The Hall–Kier alpha value is -3.98. The molecule has 37 heavy (non-hydrogen) atoms. The van der Waals surface area contributed by atoms with Crippen molar-refractivity contribution in [2.24, 2.45) is 11.7 Å². The highest BCUT2D eigenvalue weighted by Crippen LogP contribution is 2.20. The first-order valence-electron chi connectivity index (χ1n) is 12.0. The topological polar surface area (TPSA) is 152 Å². The van der Waals surface area contributed by atoms with Crippen LogP contribution in [0.15, 0.2) is 36.4 Å². The van der Waals surface area contributed by atoms with E-state index in [9.17, 15) is 28.8 Å². The molecule has 0 heterocycles. The number of rotatable bonds is 12. The van der Waals surface area contributed by atoms with Gasteiger partial charge >= 0.3 is 0 Å². The third-order valence-electron chi connectivity index (χ3n) is 6.02. The molecule has 2 rings (SSSR count). The number of nitrogens with one attached hydrogen (secondary N) is 2. The first kappa shape index (κ1) is 29.3. The normalized spacial score (nSPS) is 12.3. The maximum atomic E-state index is 12.7. The van der Waals surface area contributed by atoms with Gasteiger partial charge in [0.2, 0.25) is 11.8 Å². The van der Waals surface area contributed by atoms with E-state index in [-0.39, 0.29) is 41.4 Å². The fraction of sp³-hybridized carbons (Fsp3) is 0.357. The molecule has 0 aliphatic heterocycles. The van der Waals surface area contributed by atoms with Crippen LogP contribution in [0.2, 0.25) is 0 Å². The lowest BCUT2D eigenvalue weighted by Gasteiger charge is -2.20. The molecule has 0 aliphatic carbocycles. The Morgan fingerprint density at radius 2 is 1.05 bits per heavy atom. The predicted molar refractivity (Wildman–Crippen MR) is 141 cm³/mol. The standard InChI is InChI=1S/C28H33N3O6/c1-15(27(29)28(37)31-25-13-22(18(4)34)10-23(14-25)19(5)35)7-6-8-26(36)30-24-11-20(16(2)32)9-21(12-24)17(3)33/h9-15,27H,6-8,29H2,1-5H3,(H,30,36)(H,31,37). The van der Waals surface area contributed by atoms with E-state index in [0.717, 1.165) is 0 Å². The van der Waals surface area contributed by atoms with Crippen molar-refractivity contribution in [3.63, 3.8) is 0 Å². The molecule has 196 valence electrons. The van der Waals surface area contributed by atoms with Gasteiger partial charge < -0.3 is 16.4 Å². The van der Waals surface area contributed by atoms with Gasteiger partial charge in [-0.15, -0.1) is 0 Å². The highest BCUT2D eigenvalue weighted by Gasteiger charge is 2.22. The Morgan fingerprint density at radius 3 is 1.43 bits per heavy atom. The SMILES string of the molecule is CC(=O)c1cc(NC(=O)CCCC(C)C(N)C(=O)Nc2cc(C(C)=O)cc(C(C)=O)c2)cc(C(C)=O)c1. The molecule has 0 saturated heterocycles. The highest BCUT2D eigenvalue weighted by atomic mass is 16.2. The molecule has 0 aliphatic rings. The second kappa shape index (κ2) is 12.8. The quantitative estimate of drug-likeness (QED) is 0.364. The summed E-state index contributed by atoms with van der Waals surface area (Å²) < 4.78 is 0. The first-order chi connectivity index (χ1) is 17.3. The van der Waals surface area contributed by atoms with Gasteiger partial charge in [0, 0.05) is 40.0 Å². The molecule has 0 bridgehead atoms. The Balaban J connectivity index is 1.94. The molecule has 0 spiro atoms. The zero-order valence-corrected chi connectivity index (χ0v) is 21.8. The summed E-state index contributed by atoms with van der Waals surface area (Å²) in [6.07, 6.45) is 1.09. The molecule has 2 amide bonds. The van der Waals surface area contributed by atoms with Crippen molar-refractivity contribution in [2.45, 2.75) is 59.9 Å². The van der Waals surface area contributed by atoms with Gasteiger partial charge in [-0.2, -0.15) is 0 Å². The average Bonchev–Trinajstić information content (AvgIpc) is 2.82. The van der Waals surface area contributed by atoms with Gasteiger partial charge in [-0.3, -0.25) is 28.8 Å². The number of nitrogens with two attached hydrogens (primary N) is 1. The molecule has 4 N–H and O–H groups in total. The molecule has 2 aromatic carbocycles. The minimum atomic E-state index is -0.879. The first-order valence-corrected chi connectivity index (χ1v) is 12.0. The van der Waals surface area contributed by atoms with Crippen molar-refractivity contribution in [1.82, 2.24) is 0 Å². The molecule has 0 aromatic heterocycles. The number of carbonyl (C=O) groups excluding carboxylic acids is 6. The van der Waals surface area contributed by atoms with E-state index in [1.165, 1.54) is 64.1 Å². The maximum absolute atomic E-state index is 12.7. The van der Waals surface area contributed by atoms with Crippen LogP contribution in [0.25, 0.3) is 0 Å². The highest BCUT2D eigenvalue weighted by molar-refractivity contribution is 6.04. The molecule has 0 saturated carbocycles. The van der Waals surface area contributed by atoms with E-state index in [0.29, 0.717) is 46.5 Å². The Morgan fingerprint density at radius 1 is 0.676 bits per heavy atom. The van der Waals surface area contributed by atoms with E-state index in [1.54, 1.807) is 6.92 Å². The summed E-state index contributed by atoms with van der Waals surface area (Å²) in [4.78, 5) is 72.1. The summed E-state index contributed by atoms with van der Waals surface area (Å²) in [7, 11) is 0. The molecule has 2 aromatic rings. The minimum absolute atomic E-state index is 0.154. The maximum Gasteiger partial charge on any atom is 0.241 e. The zero-order valence-electron chi connectivity index (χ0n) is 21.8. The monoisotopic (exact) mass is 507 g/mol. The second-order valence-corrected chi connectivity index (χ2v) is 9.26. The van der Waals surface area contributed by atoms with Crippen LogP contribution in [0.1, 0.15) is 95.3 Å². The number of hydrogen-bond acceptors (Lipinski definition) is 7. The van der Waals surface area contributed by atoms with Gasteiger partial charge in [0.25, 0.3) is 0 Å². The van der Waals surface area contributed by atoms with Gasteiger partial charge in [-0.1, -0.05) is 6.92 Å². The summed E-state index contributed by atoms with van der Waals surface area (Å²) in [6.45, 7) is 7.31. The van der Waals surface area contributed by atoms with Crippen LogP contribution in [-0.2, 0) is 9.59 Å². The van der Waals surface area contributed by atoms with Crippen LogP contribution in [0.5, 0.6) is 0 Å². The molecule has 0 radical (unpaired) electrons. The fourth-order valence-electron chi connectivity index (χ4n) is 3.68. The van der Waals surface area contributed by atoms with Gasteiger partial charge in [0.05, 0.1) is 6.04 Å². The summed E-state index contributed by atoms with van der Waals surface area (Å²) in [6, 6.07) is 8.12. The third kappa shape index (κ3) is 8.57. The molecule has 2 unspecified atom stereocenters. The second-order valence-electron chi connectivity index (χ2n) is 9.26. The van der Waals surface area contributed by atoms with E-state index in [2.05, 4.69) is 10.6 Å². The molecular weight excluding hydrogens is 474 g/mol. The summed E-state index contributed by atoms with van der Waals surface area (Å²) in [5.74, 6) is -1.93. The van der Waals surface area contributed by atoms with Crippen LogP contribution in [-0.4, -0.2) is 41.0 Å². The third-order valence-corrected chi connectivity index (χ3v) is 6.02. The van der Waals surface area contributed by atoms with Crippen LogP contribution in [0.3, 0.4) is 0 Å². The zero-order chi connectivity index (χ0) is 27.9. The summed E-state index contributed by atoms with van der Waals surface area (Å²) >= 11 is 0. The summed E-state index contributed by atoms with van der Waals surface area (Å²) in [5, 5.41) is 5.38. The van der Waals surface area contributed by atoms with Crippen LogP contribution < -0.4 is 16.4 Å². The van der Waals surface area contributed by atoms with Crippen molar-refractivity contribution >= 4 is 46.3 Å². The fourth-order valence-corrected chi connectivity index (χ4v) is 3.68. The summed E-state index contributed by atoms with van der Waals surface area (Å²) in [5.41, 5.74) is 8.07. The molecule has 2 atom stereocenters. The van der Waals surface area contributed by atoms with Crippen molar-refractivity contribution in [1.29, 1.82) is 0 Å². The van der Waals surface area contributed by atoms with E-state index < -0.39 is 11.9 Å². The van der Waals surface area contributed by atoms with Crippen molar-refractivity contribution in [2.75, 3.05) is 10.6 Å². The van der Waals surface area contributed by atoms with Gasteiger partial charge in [0.1, 0.15) is 0 Å². The molecule has 0 fully saturated rings. The number of benzene rings is 2. The lowest BCUT2D eigenvalue weighted by Crippen LogP contribution is -2.41. The van der Waals surface area contributed by atoms with Crippen LogP contribution in [0.4, 0.5) is 11.4 Å². The molecule has 9 nitrogen and oxygen atoms in total. The lowest BCUT2D eigenvalue weighted by molar-refractivity contribution is -0.118. The largest absolute Gasteiger partial charge is 0.326 e. The van der Waals surface area contributed by atoms with Crippen molar-refractivity contribution in [3.05, 3.63) is 58.7 Å². The number of ketones is 4. The average molecular weight is 508 g/mol. The lowest BCUT2D eigenvalue weighted by atomic mass is 9.95. The Kier molecular flexibility index (Phi) is 10.1.